The van der Waals surface area contributed by atoms with Gasteiger partial charge in [0, 0.05) is 6.54 Å². The average molecular weight is 430 g/mol. The molecule has 3 atom stereocenters. The second-order valence-corrected chi connectivity index (χ2v) is 7.62. The summed E-state index contributed by atoms with van der Waals surface area (Å²) < 4.78 is 0. The maximum atomic E-state index is 12.8. The largest absolute Gasteiger partial charge is 0.480 e. The lowest BCUT2D eigenvalue weighted by molar-refractivity contribution is -0.139. The van der Waals surface area contributed by atoms with E-state index < -0.39 is 48.4 Å². The summed E-state index contributed by atoms with van der Waals surface area (Å²) in [6.07, 6.45) is 0.603. The van der Waals surface area contributed by atoms with Crippen molar-refractivity contribution in [2.75, 3.05) is 13.1 Å². The molecule has 0 aliphatic heterocycles. The minimum Gasteiger partial charge on any atom is -0.480 e. The number of aliphatic imine (C=N–C) groups is 1. The standard InChI is InChI=1S/C18H35N7O5/c1-9(2)13(19)16(29)24-11(6-5-7-22-18(20)21)15(28)25-14(10(3)4)17(30)23-8-12(26)27/h9-11,13-14H,5-8,19H2,1-4H3,(H,23,30)(H,24,29)(H,25,28)(H,26,27)(H4,20,21,22). The molecule has 3 unspecified atom stereocenters. The number of carboxylic acids is 1. The molecule has 0 aliphatic rings. The molecule has 0 aromatic heterocycles. The van der Waals surface area contributed by atoms with Crippen LogP contribution in [0.1, 0.15) is 40.5 Å². The third kappa shape index (κ3) is 10.6. The van der Waals surface area contributed by atoms with Crippen molar-refractivity contribution in [3.8, 4) is 0 Å². The monoisotopic (exact) mass is 429 g/mol. The Hall–Kier alpha value is -2.89. The number of amides is 3. The third-order valence-electron chi connectivity index (χ3n) is 4.26. The molecule has 3 amide bonds. The van der Waals surface area contributed by atoms with Gasteiger partial charge >= 0.3 is 5.97 Å². The fourth-order valence-corrected chi connectivity index (χ4v) is 2.40. The van der Waals surface area contributed by atoms with E-state index >= 15 is 0 Å². The molecule has 10 N–H and O–H groups in total. The third-order valence-corrected chi connectivity index (χ3v) is 4.26. The van der Waals surface area contributed by atoms with Crippen LogP contribution in [0.25, 0.3) is 0 Å². The van der Waals surface area contributed by atoms with Gasteiger partial charge in [-0.15, -0.1) is 0 Å². The Kier molecular flexibility index (Phi) is 12.1. The molecule has 30 heavy (non-hydrogen) atoms. The quantitative estimate of drug-likeness (QED) is 0.0970. The van der Waals surface area contributed by atoms with Gasteiger partial charge in [0.25, 0.3) is 0 Å². The van der Waals surface area contributed by atoms with Crippen LogP contribution in [0.4, 0.5) is 0 Å². The van der Waals surface area contributed by atoms with Crippen LogP contribution in [0.2, 0.25) is 0 Å². The smallest absolute Gasteiger partial charge is 0.322 e. The first-order valence-corrected chi connectivity index (χ1v) is 9.78. The van der Waals surface area contributed by atoms with Crippen LogP contribution < -0.4 is 33.2 Å². The number of carbonyl (C=O) groups excluding carboxylic acids is 3. The van der Waals surface area contributed by atoms with Crippen LogP contribution in [0.5, 0.6) is 0 Å². The zero-order chi connectivity index (χ0) is 23.4. The van der Waals surface area contributed by atoms with Gasteiger partial charge in [-0.25, -0.2) is 0 Å². The van der Waals surface area contributed by atoms with Crippen molar-refractivity contribution < 1.29 is 24.3 Å². The fraction of sp³-hybridized carbons (Fsp3) is 0.722. The molecule has 0 saturated heterocycles. The molecule has 0 rings (SSSR count). The highest BCUT2D eigenvalue weighted by atomic mass is 16.4. The van der Waals surface area contributed by atoms with E-state index in [1.54, 1.807) is 27.7 Å². The first kappa shape index (κ1) is 27.1. The van der Waals surface area contributed by atoms with E-state index in [2.05, 4.69) is 20.9 Å². The number of carbonyl (C=O) groups is 4. The van der Waals surface area contributed by atoms with Crippen molar-refractivity contribution in [1.29, 1.82) is 0 Å². The molecule has 12 nitrogen and oxygen atoms in total. The number of hydrogen-bond acceptors (Lipinski definition) is 6. The summed E-state index contributed by atoms with van der Waals surface area (Å²) >= 11 is 0. The highest BCUT2D eigenvalue weighted by molar-refractivity contribution is 5.93. The molecular formula is C18H35N7O5. The van der Waals surface area contributed by atoms with Gasteiger partial charge in [0.1, 0.15) is 18.6 Å². The molecule has 0 fully saturated rings. The number of nitrogens with one attached hydrogen (secondary N) is 3. The van der Waals surface area contributed by atoms with Gasteiger partial charge in [-0.2, -0.15) is 0 Å². The molecule has 0 saturated carbocycles. The minimum atomic E-state index is -1.20. The van der Waals surface area contributed by atoms with E-state index in [0.29, 0.717) is 6.42 Å². The number of aliphatic carboxylic acids is 1. The normalized spacial score (nSPS) is 13.8. The highest BCUT2D eigenvalue weighted by Crippen LogP contribution is 2.06. The van der Waals surface area contributed by atoms with Crippen molar-refractivity contribution in [1.82, 2.24) is 16.0 Å². The van der Waals surface area contributed by atoms with E-state index in [9.17, 15) is 19.2 Å². The van der Waals surface area contributed by atoms with Crippen molar-refractivity contribution in [2.45, 2.75) is 58.7 Å². The predicted molar refractivity (Wildman–Crippen MR) is 112 cm³/mol. The Morgan fingerprint density at radius 1 is 0.933 bits per heavy atom. The number of carboxylic acid groups (broad SMARTS) is 1. The summed E-state index contributed by atoms with van der Waals surface area (Å²) in [5.74, 6) is -3.47. The number of nitrogens with zero attached hydrogens (tertiary/aromatic N) is 1. The number of guanidine groups is 1. The summed E-state index contributed by atoms with van der Waals surface area (Å²) in [7, 11) is 0. The second kappa shape index (κ2) is 13.4. The molecule has 0 bridgehead atoms. The number of nitrogens with two attached hydrogens (primary N) is 3. The lowest BCUT2D eigenvalue weighted by atomic mass is 10.0. The Morgan fingerprint density at radius 2 is 1.53 bits per heavy atom. The first-order valence-electron chi connectivity index (χ1n) is 9.78. The summed E-state index contributed by atoms with van der Waals surface area (Å²) in [5.41, 5.74) is 16.4. The first-order chi connectivity index (χ1) is 13.9. The maximum Gasteiger partial charge on any atom is 0.322 e. The van der Waals surface area contributed by atoms with Gasteiger partial charge < -0.3 is 38.3 Å². The zero-order valence-corrected chi connectivity index (χ0v) is 18.0. The second-order valence-electron chi connectivity index (χ2n) is 7.62. The Morgan fingerprint density at radius 3 is 2.00 bits per heavy atom. The van der Waals surface area contributed by atoms with Gasteiger partial charge in [0.15, 0.2) is 5.96 Å². The van der Waals surface area contributed by atoms with Gasteiger partial charge in [0.2, 0.25) is 17.7 Å². The Labute approximate surface area is 176 Å². The van der Waals surface area contributed by atoms with E-state index in [1.807, 2.05) is 0 Å². The summed E-state index contributed by atoms with van der Waals surface area (Å²) in [5, 5.41) is 16.1. The lowest BCUT2D eigenvalue weighted by Crippen LogP contribution is -2.57. The molecule has 172 valence electrons. The van der Waals surface area contributed by atoms with Gasteiger partial charge in [-0.05, 0) is 24.7 Å². The SMILES string of the molecule is CC(C)C(N)C(=O)NC(CCCN=C(N)N)C(=O)NC(C(=O)NCC(=O)O)C(C)C. The predicted octanol–water partition coefficient (Wildman–Crippen LogP) is -2.15. The molecule has 0 spiro atoms. The zero-order valence-electron chi connectivity index (χ0n) is 18.0. The molecule has 0 heterocycles. The molecule has 12 heteroatoms. The van der Waals surface area contributed by atoms with Gasteiger partial charge in [-0.3, -0.25) is 24.2 Å². The van der Waals surface area contributed by atoms with E-state index in [-0.39, 0.29) is 30.8 Å². The Balaban J connectivity index is 5.28. The van der Waals surface area contributed by atoms with Crippen LogP contribution in [-0.4, -0.2) is 66.0 Å². The molecular weight excluding hydrogens is 394 g/mol. The van der Waals surface area contributed by atoms with Gasteiger partial charge in [0.05, 0.1) is 6.04 Å². The summed E-state index contributed by atoms with van der Waals surface area (Å²) in [6.45, 7) is 6.64. The van der Waals surface area contributed by atoms with Crippen molar-refractivity contribution >= 4 is 29.7 Å². The van der Waals surface area contributed by atoms with Crippen LogP contribution in [-0.2, 0) is 19.2 Å². The van der Waals surface area contributed by atoms with Gasteiger partial charge in [-0.1, -0.05) is 27.7 Å². The van der Waals surface area contributed by atoms with Crippen LogP contribution in [0.3, 0.4) is 0 Å². The van der Waals surface area contributed by atoms with E-state index in [0.717, 1.165) is 0 Å². The van der Waals surface area contributed by atoms with Crippen molar-refractivity contribution in [3.63, 3.8) is 0 Å². The topological polar surface area (TPSA) is 215 Å². The fourth-order valence-electron chi connectivity index (χ4n) is 2.40. The van der Waals surface area contributed by atoms with Crippen LogP contribution >= 0.6 is 0 Å². The van der Waals surface area contributed by atoms with Crippen LogP contribution in [0.15, 0.2) is 4.99 Å². The maximum absolute atomic E-state index is 12.8. The van der Waals surface area contributed by atoms with E-state index in [4.69, 9.17) is 22.3 Å². The molecule has 0 aliphatic carbocycles. The summed E-state index contributed by atoms with van der Waals surface area (Å²) in [6, 6.07) is -2.75. The molecule has 0 radical (unpaired) electrons. The molecule has 0 aromatic rings. The number of rotatable bonds is 13. The Bertz CT molecular complexity index is 632. The summed E-state index contributed by atoms with van der Waals surface area (Å²) in [4.78, 5) is 51.9. The van der Waals surface area contributed by atoms with Crippen LogP contribution in [0, 0.1) is 11.8 Å². The van der Waals surface area contributed by atoms with E-state index in [1.165, 1.54) is 0 Å². The van der Waals surface area contributed by atoms with Crippen molar-refractivity contribution in [3.05, 3.63) is 0 Å². The average Bonchev–Trinajstić information content (AvgIpc) is 2.64. The van der Waals surface area contributed by atoms with Crippen molar-refractivity contribution in [2.24, 2.45) is 34.0 Å². The molecule has 0 aromatic carbocycles. The lowest BCUT2D eigenvalue weighted by Gasteiger charge is -2.26. The highest BCUT2D eigenvalue weighted by Gasteiger charge is 2.30. The minimum absolute atomic E-state index is 0.0863. The number of hydrogen-bond donors (Lipinski definition) is 7.